The number of carbonyl (C=O) groups excluding carboxylic acids is 1. The van der Waals surface area contributed by atoms with Gasteiger partial charge in [0.2, 0.25) is 5.95 Å². The predicted octanol–water partition coefficient (Wildman–Crippen LogP) is 2.41. The predicted molar refractivity (Wildman–Crippen MR) is 100 cm³/mol. The summed E-state index contributed by atoms with van der Waals surface area (Å²) < 4.78 is 0. The second-order valence-corrected chi connectivity index (χ2v) is 6.69. The summed E-state index contributed by atoms with van der Waals surface area (Å²) >= 11 is 0. The van der Waals surface area contributed by atoms with Crippen molar-refractivity contribution >= 4 is 17.5 Å². The summed E-state index contributed by atoms with van der Waals surface area (Å²) in [5.74, 6) is 0.439. The van der Waals surface area contributed by atoms with Crippen LogP contribution in [0.3, 0.4) is 0 Å². The van der Waals surface area contributed by atoms with Crippen LogP contribution in [0.1, 0.15) is 27.3 Å². The number of aryl methyl sites for hydroxylation is 2. The number of nitrogens with one attached hydrogen (secondary N) is 1. The summed E-state index contributed by atoms with van der Waals surface area (Å²) in [6.45, 7) is 9.63. The first-order valence-corrected chi connectivity index (χ1v) is 8.61. The minimum Gasteiger partial charge on any atom is -0.338 e. The van der Waals surface area contributed by atoms with E-state index in [-0.39, 0.29) is 5.91 Å². The first kappa shape index (κ1) is 17.4. The highest BCUT2D eigenvalue weighted by Crippen LogP contribution is 2.19. The molecule has 2 heterocycles. The number of benzene rings is 1. The zero-order valence-corrected chi connectivity index (χ0v) is 15.3. The molecule has 0 aliphatic carbocycles. The number of amides is 1. The van der Waals surface area contributed by atoms with E-state index in [0.717, 1.165) is 48.7 Å². The van der Waals surface area contributed by atoms with Crippen molar-refractivity contribution in [2.45, 2.75) is 20.8 Å². The van der Waals surface area contributed by atoms with Crippen molar-refractivity contribution in [2.24, 2.45) is 0 Å². The molecule has 3 rings (SSSR count). The van der Waals surface area contributed by atoms with Gasteiger partial charge in [0.1, 0.15) is 5.69 Å². The maximum atomic E-state index is 12.7. The normalized spacial score (nSPS) is 15.3. The van der Waals surface area contributed by atoms with E-state index < -0.39 is 0 Å². The lowest BCUT2D eigenvalue weighted by atomic mass is 10.1. The molecule has 0 spiro atoms. The van der Waals surface area contributed by atoms with Gasteiger partial charge in [-0.05, 0) is 51.1 Å². The SMILES string of the molecule is Cc1cc(C(=O)Nc2cccc(C)c2C)nc(N2CCN(C)CC2)n1. The van der Waals surface area contributed by atoms with Crippen LogP contribution in [0.25, 0.3) is 0 Å². The van der Waals surface area contributed by atoms with Crippen LogP contribution >= 0.6 is 0 Å². The first-order valence-electron chi connectivity index (χ1n) is 8.61. The van der Waals surface area contributed by atoms with Crippen LogP contribution < -0.4 is 10.2 Å². The zero-order chi connectivity index (χ0) is 18.0. The van der Waals surface area contributed by atoms with E-state index in [9.17, 15) is 4.79 Å². The van der Waals surface area contributed by atoms with Crippen molar-refractivity contribution in [1.82, 2.24) is 14.9 Å². The summed E-state index contributed by atoms with van der Waals surface area (Å²) in [5, 5.41) is 2.98. The molecule has 132 valence electrons. The number of hydrogen-bond donors (Lipinski definition) is 1. The lowest BCUT2D eigenvalue weighted by molar-refractivity contribution is 0.102. The van der Waals surface area contributed by atoms with Crippen LogP contribution in [-0.4, -0.2) is 54.0 Å². The maximum absolute atomic E-state index is 12.7. The molecule has 1 saturated heterocycles. The Hall–Kier alpha value is -2.47. The van der Waals surface area contributed by atoms with Crippen LogP contribution in [0, 0.1) is 20.8 Å². The molecule has 6 heteroatoms. The third kappa shape index (κ3) is 3.96. The molecular weight excluding hydrogens is 314 g/mol. The Morgan fingerprint density at radius 3 is 2.52 bits per heavy atom. The maximum Gasteiger partial charge on any atom is 0.274 e. The van der Waals surface area contributed by atoms with Crippen molar-refractivity contribution in [3.05, 3.63) is 46.8 Å². The first-order chi connectivity index (χ1) is 11.9. The molecule has 1 aromatic heterocycles. The molecule has 25 heavy (non-hydrogen) atoms. The van der Waals surface area contributed by atoms with Crippen LogP contribution in [0.5, 0.6) is 0 Å². The zero-order valence-electron chi connectivity index (χ0n) is 15.3. The molecule has 0 bridgehead atoms. The van der Waals surface area contributed by atoms with Gasteiger partial charge in [-0.15, -0.1) is 0 Å². The van der Waals surface area contributed by atoms with E-state index in [4.69, 9.17) is 0 Å². The van der Waals surface area contributed by atoms with E-state index >= 15 is 0 Å². The van der Waals surface area contributed by atoms with Gasteiger partial charge in [-0.3, -0.25) is 4.79 Å². The number of piperazine rings is 1. The molecule has 1 fully saturated rings. The Morgan fingerprint density at radius 2 is 1.80 bits per heavy atom. The van der Waals surface area contributed by atoms with Crippen LogP contribution in [0.4, 0.5) is 11.6 Å². The summed E-state index contributed by atoms with van der Waals surface area (Å²) in [7, 11) is 2.11. The Kier molecular flexibility index (Phi) is 4.99. The molecule has 0 atom stereocenters. The number of anilines is 2. The van der Waals surface area contributed by atoms with Gasteiger partial charge in [-0.2, -0.15) is 0 Å². The van der Waals surface area contributed by atoms with Crippen molar-refractivity contribution in [3.63, 3.8) is 0 Å². The van der Waals surface area contributed by atoms with E-state index in [1.807, 2.05) is 39.0 Å². The Balaban J connectivity index is 1.82. The number of rotatable bonds is 3. The van der Waals surface area contributed by atoms with E-state index in [0.29, 0.717) is 11.6 Å². The van der Waals surface area contributed by atoms with Gasteiger partial charge in [0, 0.05) is 37.6 Å². The summed E-state index contributed by atoms with van der Waals surface area (Å²) in [5.41, 5.74) is 4.25. The lowest BCUT2D eigenvalue weighted by Gasteiger charge is -2.32. The number of likely N-dealkylation sites (N-methyl/N-ethyl adjacent to an activating group) is 1. The molecule has 1 aliphatic rings. The van der Waals surface area contributed by atoms with Crippen molar-refractivity contribution < 1.29 is 4.79 Å². The third-order valence-corrected chi connectivity index (χ3v) is 4.71. The summed E-state index contributed by atoms with van der Waals surface area (Å²) in [4.78, 5) is 26.1. The van der Waals surface area contributed by atoms with Crippen LogP contribution in [-0.2, 0) is 0 Å². The molecule has 0 saturated carbocycles. The highest BCUT2D eigenvalue weighted by molar-refractivity contribution is 6.03. The van der Waals surface area contributed by atoms with Crippen molar-refractivity contribution in [1.29, 1.82) is 0 Å². The average molecular weight is 339 g/mol. The number of aromatic nitrogens is 2. The smallest absolute Gasteiger partial charge is 0.274 e. The van der Waals surface area contributed by atoms with Crippen LogP contribution in [0.15, 0.2) is 24.3 Å². The van der Waals surface area contributed by atoms with E-state index in [2.05, 4.69) is 32.1 Å². The molecule has 0 unspecified atom stereocenters. The fourth-order valence-corrected chi connectivity index (χ4v) is 2.89. The van der Waals surface area contributed by atoms with E-state index in [1.54, 1.807) is 6.07 Å². The molecule has 1 amide bonds. The molecule has 0 radical (unpaired) electrons. The standard InChI is InChI=1S/C19H25N5O/c1-13-6-5-7-16(15(13)3)21-18(25)17-12-14(2)20-19(22-17)24-10-8-23(4)9-11-24/h5-7,12H,8-11H2,1-4H3,(H,21,25). The van der Waals surface area contributed by atoms with Gasteiger partial charge in [0.05, 0.1) is 0 Å². The fourth-order valence-electron chi connectivity index (χ4n) is 2.89. The second kappa shape index (κ2) is 7.19. The molecule has 1 aliphatic heterocycles. The van der Waals surface area contributed by atoms with Crippen LogP contribution in [0.2, 0.25) is 0 Å². The minimum atomic E-state index is -0.199. The highest BCUT2D eigenvalue weighted by atomic mass is 16.1. The van der Waals surface area contributed by atoms with Gasteiger partial charge in [-0.1, -0.05) is 12.1 Å². The lowest BCUT2D eigenvalue weighted by Crippen LogP contribution is -2.45. The fraction of sp³-hybridized carbons (Fsp3) is 0.421. The average Bonchev–Trinajstić information content (AvgIpc) is 2.59. The third-order valence-electron chi connectivity index (χ3n) is 4.71. The largest absolute Gasteiger partial charge is 0.338 e. The quantitative estimate of drug-likeness (QED) is 0.930. The topological polar surface area (TPSA) is 61.4 Å². The Bertz CT molecular complexity index is 781. The molecule has 1 N–H and O–H groups in total. The second-order valence-electron chi connectivity index (χ2n) is 6.69. The molecule has 1 aromatic carbocycles. The Labute approximate surface area is 148 Å². The van der Waals surface area contributed by atoms with Gasteiger partial charge in [-0.25, -0.2) is 9.97 Å². The molecular formula is C19H25N5O. The highest BCUT2D eigenvalue weighted by Gasteiger charge is 2.19. The van der Waals surface area contributed by atoms with Crippen molar-refractivity contribution in [2.75, 3.05) is 43.4 Å². The number of carbonyl (C=O) groups is 1. The Morgan fingerprint density at radius 1 is 1.08 bits per heavy atom. The monoisotopic (exact) mass is 339 g/mol. The van der Waals surface area contributed by atoms with Gasteiger partial charge in [0.25, 0.3) is 5.91 Å². The minimum absolute atomic E-state index is 0.199. The van der Waals surface area contributed by atoms with E-state index in [1.165, 1.54) is 0 Å². The number of hydrogen-bond acceptors (Lipinski definition) is 5. The summed E-state index contributed by atoms with van der Waals surface area (Å²) in [6, 6.07) is 7.62. The number of nitrogens with zero attached hydrogens (tertiary/aromatic N) is 4. The van der Waals surface area contributed by atoms with Gasteiger partial charge < -0.3 is 15.1 Å². The molecule has 6 nitrogen and oxygen atoms in total. The van der Waals surface area contributed by atoms with Gasteiger partial charge in [0.15, 0.2) is 0 Å². The summed E-state index contributed by atoms with van der Waals surface area (Å²) in [6.07, 6.45) is 0. The van der Waals surface area contributed by atoms with Gasteiger partial charge >= 0.3 is 0 Å². The van der Waals surface area contributed by atoms with Crippen molar-refractivity contribution in [3.8, 4) is 0 Å². The molecule has 2 aromatic rings.